The van der Waals surface area contributed by atoms with Gasteiger partial charge >= 0.3 is 0 Å². The van der Waals surface area contributed by atoms with Crippen LogP contribution in [0.3, 0.4) is 0 Å². The van der Waals surface area contributed by atoms with Crippen molar-refractivity contribution < 1.29 is 9.50 Å². The lowest BCUT2D eigenvalue weighted by Gasteiger charge is -2.16. The molecule has 1 rings (SSSR count). The van der Waals surface area contributed by atoms with E-state index in [9.17, 15) is 9.50 Å². The average Bonchev–Trinajstić information content (AvgIpc) is 2.08. The minimum Gasteiger partial charge on any atom is -0.396 e. The Morgan fingerprint density at radius 1 is 1.46 bits per heavy atom. The topological polar surface area (TPSA) is 72.3 Å². The SMILES string of the molecule is CC(N)C(O)c1cccc(F)c1N. The fourth-order valence-corrected chi connectivity index (χ4v) is 1.09. The Labute approximate surface area is 76.2 Å². The van der Waals surface area contributed by atoms with Gasteiger partial charge in [0.1, 0.15) is 5.82 Å². The second-order valence-corrected chi connectivity index (χ2v) is 3.05. The predicted octanol–water partition coefficient (Wildman–Crippen LogP) is 0.789. The lowest BCUT2D eigenvalue weighted by atomic mass is 10.0. The van der Waals surface area contributed by atoms with E-state index in [1.54, 1.807) is 13.0 Å². The largest absolute Gasteiger partial charge is 0.396 e. The standard InChI is InChI=1S/C9H13FN2O/c1-5(11)9(13)6-3-2-4-7(10)8(6)12/h2-5,9,13H,11-12H2,1H3. The summed E-state index contributed by atoms with van der Waals surface area (Å²) in [7, 11) is 0. The third kappa shape index (κ3) is 1.96. The number of hydrogen-bond acceptors (Lipinski definition) is 3. The summed E-state index contributed by atoms with van der Waals surface area (Å²) in [4.78, 5) is 0. The van der Waals surface area contributed by atoms with Gasteiger partial charge in [0.15, 0.2) is 0 Å². The Morgan fingerprint density at radius 2 is 2.08 bits per heavy atom. The highest BCUT2D eigenvalue weighted by atomic mass is 19.1. The van der Waals surface area contributed by atoms with Crippen LogP contribution in [0.5, 0.6) is 0 Å². The molecule has 0 aliphatic carbocycles. The number of rotatable bonds is 2. The lowest BCUT2D eigenvalue weighted by Crippen LogP contribution is -2.25. The van der Waals surface area contributed by atoms with Crippen LogP contribution < -0.4 is 11.5 Å². The molecule has 1 aromatic carbocycles. The first-order chi connectivity index (χ1) is 6.04. The molecule has 0 aliphatic rings. The second kappa shape index (κ2) is 3.72. The van der Waals surface area contributed by atoms with E-state index in [1.807, 2.05) is 0 Å². The van der Waals surface area contributed by atoms with Gasteiger partial charge in [-0.25, -0.2) is 4.39 Å². The first-order valence-electron chi connectivity index (χ1n) is 4.01. The van der Waals surface area contributed by atoms with Gasteiger partial charge in [0.2, 0.25) is 0 Å². The van der Waals surface area contributed by atoms with E-state index in [-0.39, 0.29) is 5.69 Å². The molecule has 0 amide bonds. The molecule has 2 atom stereocenters. The number of para-hydroxylation sites is 1. The Morgan fingerprint density at radius 3 is 2.62 bits per heavy atom. The van der Waals surface area contributed by atoms with Crippen LogP contribution in [0.15, 0.2) is 18.2 Å². The van der Waals surface area contributed by atoms with E-state index in [0.29, 0.717) is 5.56 Å². The fourth-order valence-electron chi connectivity index (χ4n) is 1.09. The van der Waals surface area contributed by atoms with Gasteiger partial charge in [-0.2, -0.15) is 0 Å². The van der Waals surface area contributed by atoms with Crippen LogP contribution in [0.4, 0.5) is 10.1 Å². The van der Waals surface area contributed by atoms with Crippen molar-refractivity contribution >= 4 is 5.69 Å². The molecule has 13 heavy (non-hydrogen) atoms. The van der Waals surface area contributed by atoms with Gasteiger partial charge in [-0.05, 0) is 13.0 Å². The van der Waals surface area contributed by atoms with Crippen LogP contribution in [0, 0.1) is 5.82 Å². The summed E-state index contributed by atoms with van der Waals surface area (Å²) in [6.07, 6.45) is -0.921. The third-order valence-electron chi connectivity index (χ3n) is 1.90. The summed E-state index contributed by atoms with van der Waals surface area (Å²) >= 11 is 0. The number of nitrogen functional groups attached to an aromatic ring is 1. The van der Waals surface area contributed by atoms with Crippen LogP contribution >= 0.6 is 0 Å². The number of nitrogens with two attached hydrogens (primary N) is 2. The van der Waals surface area contributed by atoms with Gasteiger partial charge in [0, 0.05) is 11.6 Å². The Balaban J connectivity index is 3.07. The van der Waals surface area contributed by atoms with E-state index in [1.165, 1.54) is 12.1 Å². The maximum Gasteiger partial charge on any atom is 0.146 e. The van der Waals surface area contributed by atoms with E-state index in [2.05, 4.69) is 0 Å². The Kier molecular flexibility index (Phi) is 2.85. The summed E-state index contributed by atoms with van der Waals surface area (Å²) in [6, 6.07) is 3.83. The molecule has 0 radical (unpaired) electrons. The minimum atomic E-state index is -0.921. The molecule has 4 heteroatoms. The van der Waals surface area contributed by atoms with E-state index in [4.69, 9.17) is 11.5 Å². The number of hydrogen-bond donors (Lipinski definition) is 3. The molecule has 0 saturated heterocycles. The Bertz CT molecular complexity index is 302. The molecule has 0 aliphatic heterocycles. The normalized spacial score (nSPS) is 15.4. The number of benzene rings is 1. The van der Waals surface area contributed by atoms with Crippen molar-refractivity contribution in [3.05, 3.63) is 29.6 Å². The summed E-state index contributed by atoms with van der Waals surface area (Å²) < 4.78 is 12.9. The van der Waals surface area contributed by atoms with Crippen LogP contribution in [0.2, 0.25) is 0 Å². The van der Waals surface area contributed by atoms with Crippen molar-refractivity contribution in [1.82, 2.24) is 0 Å². The quantitative estimate of drug-likeness (QED) is 0.595. The third-order valence-corrected chi connectivity index (χ3v) is 1.90. The van der Waals surface area contributed by atoms with Crippen molar-refractivity contribution in [2.75, 3.05) is 5.73 Å². The molecule has 0 aromatic heterocycles. The number of anilines is 1. The van der Waals surface area contributed by atoms with Gasteiger partial charge in [0.25, 0.3) is 0 Å². The van der Waals surface area contributed by atoms with E-state index >= 15 is 0 Å². The molecule has 1 aromatic rings. The smallest absolute Gasteiger partial charge is 0.146 e. The van der Waals surface area contributed by atoms with Gasteiger partial charge in [-0.1, -0.05) is 12.1 Å². The van der Waals surface area contributed by atoms with E-state index < -0.39 is 18.0 Å². The molecular formula is C9H13FN2O. The van der Waals surface area contributed by atoms with Crippen LogP contribution in [-0.2, 0) is 0 Å². The second-order valence-electron chi connectivity index (χ2n) is 3.05. The molecule has 0 heterocycles. The number of aliphatic hydroxyl groups excluding tert-OH is 1. The van der Waals surface area contributed by atoms with Crippen molar-refractivity contribution in [2.24, 2.45) is 5.73 Å². The summed E-state index contributed by atoms with van der Waals surface area (Å²) in [5.74, 6) is -0.530. The highest BCUT2D eigenvalue weighted by Crippen LogP contribution is 2.24. The van der Waals surface area contributed by atoms with Gasteiger partial charge in [0.05, 0.1) is 11.8 Å². The van der Waals surface area contributed by atoms with Crippen LogP contribution in [0.25, 0.3) is 0 Å². The molecule has 5 N–H and O–H groups in total. The minimum absolute atomic E-state index is 0.0349. The average molecular weight is 184 g/mol. The first kappa shape index (κ1) is 9.95. The van der Waals surface area contributed by atoms with Gasteiger partial charge < -0.3 is 16.6 Å². The van der Waals surface area contributed by atoms with Crippen molar-refractivity contribution in [3.8, 4) is 0 Å². The Hall–Kier alpha value is -1.13. The summed E-state index contributed by atoms with van der Waals surface area (Å²) in [5, 5.41) is 9.53. The van der Waals surface area contributed by atoms with Crippen molar-refractivity contribution in [3.63, 3.8) is 0 Å². The maximum absolute atomic E-state index is 12.9. The zero-order valence-corrected chi connectivity index (χ0v) is 7.37. The summed E-state index contributed by atoms with van der Waals surface area (Å²) in [6.45, 7) is 1.63. The van der Waals surface area contributed by atoms with Crippen LogP contribution in [0.1, 0.15) is 18.6 Å². The zero-order valence-electron chi connectivity index (χ0n) is 7.37. The number of halogens is 1. The van der Waals surface area contributed by atoms with Crippen molar-refractivity contribution in [2.45, 2.75) is 19.1 Å². The fraction of sp³-hybridized carbons (Fsp3) is 0.333. The molecule has 2 unspecified atom stereocenters. The predicted molar refractivity (Wildman–Crippen MR) is 49.4 cm³/mol. The van der Waals surface area contributed by atoms with Crippen LogP contribution in [-0.4, -0.2) is 11.1 Å². The highest BCUT2D eigenvalue weighted by Gasteiger charge is 2.16. The summed E-state index contributed by atoms with van der Waals surface area (Å²) in [5.41, 5.74) is 11.2. The molecule has 0 saturated carbocycles. The first-order valence-corrected chi connectivity index (χ1v) is 4.01. The molecular weight excluding hydrogens is 171 g/mol. The van der Waals surface area contributed by atoms with Crippen molar-refractivity contribution in [1.29, 1.82) is 0 Å². The molecule has 0 bridgehead atoms. The molecule has 3 nitrogen and oxygen atoms in total. The van der Waals surface area contributed by atoms with E-state index in [0.717, 1.165) is 0 Å². The highest BCUT2D eigenvalue weighted by molar-refractivity contribution is 5.49. The van der Waals surface area contributed by atoms with Gasteiger partial charge in [-0.3, -0.25) is 0 Å². The zero-order chi connectivity index (χ0) is 10.0. The maximum atomic E-state index is 12.9. The molecule has 0 fully saturated rings. The number of aliphatic hydroxyl groups is 1. The monoisotopic (exact) mass is 184 g/mol. The van der Waals surface area contributed by atoms with Gasteiger partial charge in [-0.15, -0.1) is 0 Å². The lowest BCUT2D eigenvalue weighted by molar-refractivity contribution is 0.154. The molecule has 72 valence electrons. The molecule has 0 spiro atoms.